The summed E-state index contributed by atoms with van der Waals surface area (Å²) in [6.07, 6.45) is 3.53. The van der Waals surface area contributed by atoms with Crippen LogP contribution in [0.4, 0.5) is 0 Å². The molecule has 2 aromatic rings. The molecule has 116 valence electrons. The molecule has 0 spiro atoms. The smallest absolute Gasteiger partial charge is 0.275 e. The maximum absolute atomic E-state index is 12.2. The van der Waals surface area contributed by atoms with Gasteiger partial charge in [-0.25, -0.2) is 0 Å². The first kappa shape index (κ1) is 15.3. The Morgan fingerprint density at radius 3 is 2.64 bits per heavy atom. The fourth-order valence-corrected chi connectivity index (χ4v) is 2.66. The van der Waals surface area contributed by atoms with Gasteiger partial charge in [0.2, 0.25) is 0 Å². The second kappa shape index (κ2) is 6.69. The summed E-state index contributed by atoms with van der Waals surface area (Å²) in [5, 5.41) is 8.23. The standard InChI is InChI=1S/C15H15Cl2N3O2/c16-13-2-1-10(7-14(13)17)20-15(21)8-12(9-19-20)22-11-3-5-18-6-4-11/h1-2,7-9,11,18H,3-6H2. The van der Waals surface area contributed by atoms with Gasteiger partial charge in [-0.1, -0.05) is 23.2 Å². The van der Waals surface area contributed by atoms with Crippen molar-refractivity contribution in [2.75, 3.05) is 13.1 Å². The van der Waals surface area contributed by atoms with Crippen molar-refractivity contribution in [1.29, 1.82) is 0 Å². The fourth-order valence-electron chi connectivity index (χ4n) is 2.37. The molecule has 1 fully saturated rings. The number of ether oxygens (including phenoxy) is 1. The van der Waals surface area contributed by atoms with E-state index in [-0.39, 0.29) is 11.7 Å². The molecule has 3 rings (SSSR count). The number of rotatable bonds is 3. The maximum Gasteiger partial charge on any atom is 0.275 e. The lowest BCUT2D eigenvalue weighted by atomic mass is 10.1. The van der Waals surface area contributed by atoms with Crippen LogP contribution in [0.1, 0.15) is 12.8 Å². The number of hydrogen-bond donors (Lipinski definition) is 1. The molecule has 5 nitrogen and oxygen atoms in total. The SMILES string of the molecule is O=c1cc(OC2CCNCC2)cnn1-c1ccc(Cl)c(Cl)c1. The first-order chi connectivity index (χ1) is 10.6. The highest BCUT2D eigenvalue weighted by atomic mass is 35.5. The molecule has 7 heteroatoms. The van der Waals surface area contributed by atoms with Crippen LogP contribution in [0.2, 0.25) is 10.0 Å². The molecule has 1 aromatic carbocycles. The molecule has 1 saturated heterocycles. The minimum atomic E-state index is -0.273. The lowest BCUT2D eigenvalue weighted by molar-refractivity contribution is 0.161. The van der Waals surface area contributed by atoms with Crippen LogP contribution < -0.4 is 15.6 Å². The molecule has 0 bridgehead atoms. The zero-order valence-electron chi connectivity index (χ0n) is 11.8. The van der Waals surface area contributed by atoms with Crippen LogP contribution in [-0.2, 0) is 0 Å². The lowest BCUT2D eigenvalue weighted by Crippen LogP contribution is -2.34. The van der Waals surface area contributed by atoms with Crippen LogP contribution in [0.25, 0.3) is 5.69 Å². The Kier molecular flexibility index (Phi) is 4.66. The van der Waals surface area contributed by atoms with Gasteiger partial charge in [0, 0.05) is 6.07 Å². The molecule has 1 aliphatic rings. The number of nitrogens with zero attached hydrogens (tertiary/aromatic N) is 2. The van der Waals surface area contributed by atoms with Gasteiger partial charge < -0.3 is 10.1 Å². The highest BCUT2D eigenvalue weighted by Crippen LogP contribution is 2.23. The van der Waals surface area contributed by atoms with Gasteiger partial charge in [0.25, 0.3) is 5.56 Å². The molecule has 1 aliphatic heterocycles. The van der Waals surface area contributed by atoms with Crippen LogP contribution in [0.5, 0.6) is 5.75 Å². The van der Waals surface area contributed by atoms with E-state index in [1.807, 2.05) is 0 Å². The highest BCUT2D eigenvalue weighted by Gasteiger charge is 2.15. The molecule has 0 unspecified atom stereocenters. The van der Waals surface area contributed by atoms with Gasteiger partial charge in [0.15, 0.2) is 0 Å². The summed E-state index contributed by atoms with van der Waals surface area (Å²) < 4.78 is 7.07. The van der Waals surface area contributed by atoms with Gasteiger partial charge in [0.05, 0.1) is 21.9 Å². The minimum Gasteiger partial charge on any atom is -0.488 e. The predicted molar refractivity (Wildman–Crippen MR) is 86.4 cm³/mol. The average molecular weight is 340 g/mol. The summed E-state index contributed by atoms with van der Waals surface area (Å²) in [7, 11) is 0. The zero-order chi connectivity index (χ0) is 15.5. The second-order valence-corrected chi connectivity index (χ2v) is 5.92. The maximum atomic E-state index is 12.2. The topological polar surface area (TPSA) is 56.1 Å². The molecular formula is C15H15Cl2N3O2. The van der Waals surface area contributed by atoms with E-state index in [9.17, 15) is 4.79 Å². The number of aromatic nitrogens is 2. The lowest BCUT2D eigenvalue weighted by Gasteiger charge is -2.23. The van der Waals surface area contributed by atoms with E-state index >= 15 is 0 Å². The molecule has 22 heavy (non-hydrogen) atoms. The Hall–Kier alpha value is -1.56. The molecule has 1 aromatic heterocycles. The number of piperidine rings is 1. The third-order valence-corrected chi connectivity index (χ3v) is 4.25. The number of halogens is 2. The van der Waals surface area contributed by atoms with Crippen LogP contribution in [0.15, 0.2) is 35.3 Å². The summed E-state index contributed by atoms with van der Waals surface area (Å²) in [6.45, 7) is 1.86. The third kappa shape index (κ3) is 3.43. The van der Waals surface area contributed by atoms with E-state index in [4.69, 9.17) is 27.9 Å². The number of nitrogens with one attached hydrogen (secondary N) is 1. The Balaban J connectivity index is 1.82. The van der Waals surface area contributed by atoms with E-state index in [1.54, 1.807) is 24.4 Å². The van der Waals surface area contributed by atoms with E-state index in [2.05, 4.69) is 10.4 Å². The summed E-state index contributed by atoms with van der Waals surface area (Å²) in [4.78, 5) is 12.2. The average Bonchev–Trinajstić information content (AvgIpc) is 2.51. The Morgan fingerprint density at radius 1 is 1.18 bits per heavy atom. The Morgan fingerprint density at radius 2 is 1.95 bits per heavy atom. The van der Waals surface area contributed by atoms with Gasteiger partial charge in [-0.2, -0.15) is 9.78 Å². The first-order valence-electron chi connectivity index (χ1n) is 7.05. The third-order valence-electron chi connectivity index (χ3n) is 3.51. The van der Waals surface area contributed by atoms with Crippen LogP contribution in [0, 0.1) is 0 Å². The highest BCUT2D eigenvalue weighted by molar-refractivity contribution is 6.42. The fraction of sp³-hybridized carbons (Fsp3) is 0.333. The molecule has 0 atom stereocenters. The summed E-state index contributed by atoms with van der Waals surface area (Å²) in [6, 6.07) is 6.37. The van der Waals surface area contributed by atoms with Gasteiger partial charge in [-0.05, 0) is 44.1 Å². The second-order valence-electron chi connectivity index (χ2n) is 5.11. The first-order valence-corrected chi connectivity index (χ1v) is 7.81. The van der Waals surface area contributed by atoms with Crippen molar-refractivity contribution in [2.45, 2.75) is 18.9 Å². The molecule has 0 amide bonds. The van der Waals surface area contributed by atoms with Gasteiger partial charge in [0.1, 0.15) is 11.9 Å². The molecule has 0 saturated carbocycles. The Bertz CT molecular complexity index is 727. The van der Waals surface area contributed by atoms with E-state index < -0.39 is 0 Å². The minimum absolute atomic E-state index is 0.128. The van der Waals surface area contributed by atoms with Crippen molar-refractivity contribution in [3.05, 3.63) is 50.9 Å². The number of hydrogen-bond acceptors (Lipinski definition) is 4. The number of benzene rings is 1. The molecule has 2 heterocycles. The van der Waals surface area contributed by atoms with E-state index in [0.29, 0.717) is 21.5 Å². The van der Waals surface area contributed by atoms with Crippen molar-refractivity contribution in [2.24, 2.45) is 0 Å². The van der Waals surface area contributed by atoms with Gasteiger partial charge >= 0.3 is 0 Å². The van der Waals surface area contributed by atoms with Crippen molar-refractivity contribution in [3.63, 3.8) is 0 Å². The molecule has 0 aliphatic carbocycles. The summed E-state index contributed by atoms with van der Waals surface area (Å²) in [5.41, 5.74) is 0.289. The molecule has 0 radical (unpaired) electrons. The van der Waals surface area contributed by atoms with E-state index in [1.165, 1.54) is 10.7 Å². The van der Waals surface area contributed by atoms with Crippen molar-refractivity contribution in [1.82, 2.24) is 15.1 Å². The van der Waals surface area contributed by atoms with Gasteiger partial charge in [-0.15, -0.1) is 0 Å². The molecular weight excluding hydrogens is 325 g/mol. The van der Waals surface area contributed by atoms with Crippen LogP contribution >= 0.6 is 23.2 Å². The van der Waals surface area contributed by atoms with Crippen LogP contribution in [0.3, 0.4) is 0 Å². The van der Waals surface area contributed by atoms with Crippen molar-refractivity contribution >= 4 is 23.2 Å². The predicted octanol–water partition coefficient (Wildman–Crippen LogP) is 2.67. The summed E-state index contributed by atoms with van der Waals surface area (Å²) in [5.74, 6) is 0.494. The van der Waals surface area contributed by atoms with Gasteiger partial charge in [-0.3, -0.25) is 4.79 Å². The quantitative estimate of drug-likeness (QED) is 0.933. The van der Waals surface area contributed by atoms with E-state index in [0.717, 1.165) is 25.9 Å². The monoisotopic (exact) mass is 339 g/mol. The largest absolute Gasteiger partial charge is 0.488 e. The van der Waals surface area contributed by atoms with Crippen molar-refractivity contribution in [3.8, 4) is 11.4 Å². The zero-order valence-corrected chi connectivity index (χ0v) is 13.3. The summed E-state index contributed by atoms with van der Waals surface area (Å²) >= 11 is 11.8. The van der Waals surface area contributed by atoms with Crippen LogP contribution in [-0.4, -0.2) is 29.0 Å². The normalized spacial score (nSPS) is 15.7. The van der Waals surface area contributed by atoms with Crippen molar-refractivity contribution < 1.29 is 4.74 Å². The Labute approximate surface area is 137 Å². The molecule has 1 N–H and O–H groups in total.